The molecule has 1 aromatic rings. The van der Waals surface area contributed by atoms with Crippen LogP contribution in [0.4, 0.5) is 0 Å². The Morgan fingerprint density at radius 3 is 2.48 bits per heavy atom. The fourth-order valence-corrected chi connectivity index (χ4v) is 4.29. The van der Waals surface area contributed by atoms with Crippen LogP contribution in [0.25, 0.3) is 0 Å². The summed E-state index contributed by atoms with van der Waals surface area (Å²) in [5.41, 5.74) is 0.862. The number of piperidine rings is 1. The van der Waals surface area contributed by atoms with E-state index >= 15 is 0 Å². The van der Waals surface area contributed by atoms with Crippen LogP contribution in [0.15, 0.2) is 18.2 Å². The quantitative estimate of drug-likeness (QED) is 0.837. The monoisotopic (exact) mass is 325 g/mol. The lowest BCUT2D eigenvalue weighted by molar-refractivity contribution is -0.138. The molecule has 3 rings (SSSR count). The fourth-order valence-electron chi connectivity index (χ4n) is 3.75. The van der Waals surface area contributed by atoms with E-state index in [2.05, 4.69) is 5.32 Å². The van der Waals surface area contributed by atoms with Gasteiger partial charge in [0, 0.05) is 28.3 Å². The van der Waals surface area contributed by atoms with Crippen molar-refractivity contribution in [1.82, 2.24) is 5.32 Å². The third-order valence-electron chi connectivity index (χ3n) is 4.67. The average molecular weight is 326 g/mol. The molecule has 1 saturated carbocycles. The number of imide groups is 1. The molecule has 0 spiro atoms. The summed E-state index contributed by atoms with van der Waals surface area (Å²) in [5.74, 6) is -0.322. The van der Waals surface area contributed by atoms with E-state index in [1.54, 1.807) is 12.1 Å². The summed E-state index contributed by atoms with van der Waals surface area (Å²) in [6, 6.07) is 5.30. The maximum Gasteiger partial charge on any atom is 0.230 e. The predicted octanol–water partition coefficient (Wildman–Crippen LogP) is 3.93. The Bertz CT molecular complexity index is 582. The van der Waals surface area contributed by atoms with Crippen molar-refractivity contribution in [3.05, 3.63) is 33.8 Å². The summed E-state index contributed by atoms with van der Waals surface area (Å²) in [6.45, 7) is 0. The molecule has 1 N–H and O–H groups in total. The van der Waals surface area contributed by atoms with Gasteiger partial charge >= 0.3 is 0 Å². The zero-order chi connectivity index (χ0) is 15.0. The van der Waals surface area contributed by atoms with Gasteiger partial charge in [-0.1, -0.05) is 42.1 Å². The number of hydrogen-bond acceptors (Lipinski definition) is 2. The van der Waals surface area contributed by atoms with E-state index < -0.39 is 0 Å². The van der Waals surface area contributed by atoms with Gasteiger partial charge in [-0.25, -0.2) is 0 Å². The summed E-state index contributed by atoms with van der Waals surface area (Å²) >= 11 is 12.2. The number of halogens is 2. The van der Waals surface area contributed by atoms with Crippen molar-refractivity contribution in [1.29, 1.82) is 0 Å². The van der Waals surface area contributed by atoms with Gasteiger partial charge in [0.25, 0.3) is 0 Å². The third kappa shape index (κ3) is 2.95. The Hall–Kier alpha value is -1.06. The lowest BCUT2D eigenvalue weighted by Gasteiger charge is -2.34. The first-order valence-corrected chi connectivity index (χ1v) is 8.10. The van der Waals surface area contributed by atoms with Crippen LogP contribution >= 0.6 is 23.2 Å². The molecule has 0 radical (unpaired) electrons. The number of amides is 2. The summed E-state index contributed by atoms with van der Waals surface area (Å²) < 4.78 is 0. The Morgan fingerprint density at radius 1 is 1.10 bits per heavy atom. The standard InChI is InChI=1S/C16H17Cl2NO2/c17-10-5-6-11(13(18)7-10)12-8-14(20)19-16(21)15(12)9-3-1-2-4-9/h5-7,9,12,15H,1-4,8H2,(H,19,20,21). The van der Waals surface area contributed by atoms with Crippen LogP contribution in [0, 0.1) is 11.8 Å². The normalized spacial score (nSPS) is 27.0. The van der Waals surface area contributed by atoms with Crippen molar-refractivity contribution < 1.29 is 9.59 Å². The Labute approximate surface area is 134 Å². The maximum absolute atomic E-state index is 12.4. The molecule has 1 aliphatic carbocycles. The van der Waals surface area contributed by atoms with Gasteiger partial charge in [-0.3, -0.25) is 14.9 Å². The van der Waals surface area contributed by atoms with Crippen LogP contribution in [0.2, 0.25) is 10.0 Å². The predicted molar refractivity (Wildman–Crippen MR) is 82.4 cm³/mol. The van der Waals surface area contributed by atoms with Crippen LogP contribution < -0.4 is 5.32 Å². The van der Waals surface area contributed by atoms with Gasteiger partial charge in [-0.2, -0.15) is 0 Å². The number of benzene rings is 1. The van der Waals surface area contributed by atoms with Gasteiger partial charge in [0.2, 0.25) is 11.8 Å². The second-order valence-corrected chi connectivity index (χ2v) is 6.80. The molecule has 5 heteroatoms. The summed E-state index contributed by atoms with van der Waals surface area (Å²) in [7, 11) is 0. The van der Waals surface area contributed by atoms with Gasteiger partial charge in [0.1, 0.15) is 0 Å². The van der Waals surface area contributed by atoms with Gasteiger partial charge < -0.3 is 0 Å². The summed E-state index contributed by atoms with van der Waals surface area (Å²) in [4.78, 5) is 24.1. The van der Waals surface area contributed by atoms with E-state index in [0.29, 0.717) is 22.4 Å². The molecule has 0 bridgehead atoms. The molecule has 1 heterocycles. The van der Waals surface area contributed by atoms with Crippen molar-refractivity contribution >= 4 is 35.0 Å². The largest absolute Gasteiger partial charge is 0.296 e. The zero-order valence-electron chi connectivity index (χ0n) is 11.6. The molecule has 3 nitrogen and oxygen atoms in total. The van der Waals surface area contributed by atoms with Crippen LogP contribution in [0.1, 0.15) is 43.6 Å². The number of hydrogen-bond donors (Lipinski definition) is 1. The van der Waals surface area contributed by atoms with Crippen molar-refractivity contribution in [2.24, 2.45) is 11.8 Å². The molecular weight excluding hydrogens is 309 g/mol. The van der Waals surface area contributed by atoms with Crippen LogP contribution in [-0.4, -0.2) is 11.8 Å². The topological polar surface area (TPSA) is 46.2 Å². The van der Waals surface area contributed by atoms with Crippen molar-refractivity contribution in [3.63, 3.8) is 0 Å². The van der Waals surface area contributed by atoms with Crippen molar-refractivity contribution in [3.8, 4) is 0 Å². The van der Waals surface area contributed by atoms with Gasteiger partial charge in [0.05, 0.1) is 0 Å². The van der Waals surface area contributed by atoms with E-state index in [1.807, 2.05) is 6.07 Å². The van der Waals surface area contributed by atoms with E-state index in [9.17, 15) is 9.59 Å². The fraction of sp³-hybridized carbons (Fsp3) is 0.500. The number of rotatable bonds is 2. The minimum atomic E-state index is -0.217. The van der Waals surface area contributed by atoms with Crippen LogP contribution in [-0.2, 0) is 9.59 Å². The SMILES string of the molecule is O=C1CC(c2ccc(Cl)cc2Cl)C(C2CCCC2)C(=O)N1. The molecule has 0 aromatic heterocycles. The van der Waals surface area contributed by atoms with E-state index in [4.69, 9.17) is 23.2 Å². The van der Waals surface area contributed by atoms with E-state index in [0.717, 1.165) is 31.2 Å². The highest BCUT2D eigenvalue weighted by Gasteiger charge is 2.42. The van der Waals surface area contributed by atoms with Gasteiger partial charge in [0.15, 0.2) is 0 Å². The highest BCUT2D eigenvalue weighted by molar-refractivity contribution is 6.35. The first-order valence-electron chi connectivity index (χ1n) is 7.35. The molecule has 1 saturated heterocycles. The molecule has 2 aliphatic rings. The molecule has 2 atom stereocenters. The minimum Gasteiger partial charge on any atom is -0.296 e. The molecule has 1 aliphatic heterocycles. The molecule has 2 fully saturated rings. The maximum atomic E-state index is 12.4. The van der Waals surface area contributed by atoms with Gasteiger partial charge in [-0.05, 0) is 36.5 Å². The smallest absolute Gasteiger partial charge is 0.230 e. The van der Waals surface area contributed by atoms with E-state index in [1.165, 1.54) is 0 Å². The Kier molecular flexibility index (Phi) is 4.23. The third-order valence-corrected chi connectivity index (χ3v) is 5.24. The van der Waals surface area contributed by atoms with Gasteiger partial charge in [-0.15, -0.1) is 0 Å². The first-order chi connectivity index (χ1) is 10.1. The molecule has 21 heavy (non-hydrogen) atoms. The number of carbonyl (C=O) groups is 2. The van der Waals surface area contributed by atoms with Crippen LogP contribution in [0.5, 0.6) is 0 Å². The highest BCUT2D eigenvalue weighted by Crippen LogP contribution is 2.44. The Balaban J connectivity index is 1.98. The minimum absolute atomic E-state index is 0.140. The average Bonchev–Trinajstić information content (AvgIpc) is 2.91. The molecular formula is C16H17Cl2NO2. The lowest BCUT2D eigenvalue weighted by atomic mass is 9.73. The molecule has 112 valence electrons. The lowest BCUT2D eigenvalue weighted by Crippen LogP contribution is -2.47. The van der Waals surface area contributed by atoms with Crippen LogP contribution in [0.3, 0.4) is 0 Å². The molecule has 1 aromatic carbocycles. The highest BCUT2D eigenvalue weighted by atomic mass is 35.5. The first kappa shape index (κ1) is 14.9. The Morgan fingerprint density at radius 2 is 1.81 bits per heavy atom. The second-order valence-electron chi connectivity index (χ2n) is 5.96. The zero-order valence-corrected chi connectivity index (χ0v) is 13.1. The number of nitrogens with one attached hydrogen (secondary N) is 1. The molecule has 2 amide bonds. The second kappa shape index (κ2) is 5.98. The van der Waals surface area contributed by atoms with Crippen molar-refractivity contribution in [2.45, 2.75) is 38.0 Å². The molecule has 2 unspecified atom stereocenters. The van der Waals surface area contributed by atoms with Crippen molar-refractivity contribution in [2.75, 3.05) is 0 Å². The summed E-state index contributed by atoms with van der Waals surface area (Å²) in [6.07, 6.45) is 4.73. The van der Waals surface area contributed by atoms with E-state index in [-0.39, 0.29) is 23.7 Å². The number of carbonyl (C=O) groups excluding carboxylic acids is 2. The summed E-state index contributed by atoms with van der Waals surface area (Å²) in [5, 5.41) is 3.59.